The summed E-state index contributed by atoms with van der Waals surface area (Å²) in [6.45, 7) is 6.02. The van der Waals surface area contributed by atoms with E-state index in [9.17, 15) is 18.0 Å². The molecule has 8 heteroatoms. The smallest absolute Gasteiger partial charge is 0.251 e. The van der Waals surface area contributed by atoms with Crippen molar-refractivity contribution < 1.29 is 18.0 Å². The molecule has 150 valence electrons. The van der Waals surface area contributed by atoms with Crippen molar-refractivity contribution in [3.05, 3.63) is 59.7 Å². The second-order valence-corrected chi connectivity index (χ2v) is 8.15. The molecule has 0 spiro atoms. The van der Waals surface area contributed by atoms with Crippen molar-refractivity contribution in [1.29, 1.82) is 0 Å². The third-order valence-electron chi connectivity index (χ3n) is 4.17. The Kier molecular flexibility index (Phi) is 7.31. The van der Waals surface area contributed by atoms with Gasteiger partial charge in [0.05, 0.1) is 11.4 Å². The third-order valence-corrected chi connectivity index (χ3v) is 6.24. The van der Waals surface area contributed by atoms with E-state index in [1.165, 1.54) is 28.6 Å². The number of sulfonamides is 1. The lowest BCUT2D eigenvalue weighted by atomic mass is 10.1. The molecule has 0 saturated heterocycles. The van der Waals surface area contributed by atoms with Crippen molar-refractivity contribution in [2.45, 2.75) is 25.7 Å². The molecule has 0 saturated carbocycles. The maximum Gasteiger partial charge on any atom is 0.251 e. The van der Waals surface area contributed by atoms with Gasteiger partial charge in [-0.05, 0) is 43.3 Å². The normalized spacial score (nSPS) is 11.3. The van der Waals surface area contributed by atoms with Crippen LogP contribution < -0.4 is 10.6 Å². The predicted molar refractivity (Wildman–Crippen MR) is 109 cm³/mol. The van der Waals surface area contributed by atoms with Gasteiger partial charge in [0.1, 0.15) is 0 Å². The number of amides is 2. The minimum atomic E-state index is -3.54. The SMILES string of the molecule is CCN(CC)S(=O)(=O)c1ccc(NC(=O)CNC(=O)c2cccc(C)c2)cc1. The largest absolute Gasteiger partial charge is 0.343 e. The van der Waals surface area contributed by atoms with Gasteiger partial charge >= 0.3 is 0 Å². The Morgan fingerprint density at radius 1 is 1.00 bits per heavy atom. The summed E-state index contributed by atoms with van der Waals surface area (Å²) in [5, 5.41) is 5.19. The number of aryl methyl sites for hydroxylation is 1. The lowest BCUT2D eigenvalue weighted by Crippen LogP contribution is -2.33. The Hall–Kier alpha value is -2.71. The van der Waals surface area contributed by atoms with E-state index in [0.717, 1.165) is 5.56 Å². The lowest BCUT2D eigenvalue weighted by molar-refractivity contribution is -0.115. The second-order valence-electron chi connectivity index (χ2n) is 6.21. The maximum absolute atomic E-state index is 12.5. The van der Waals surface area contributed by atoms with Gasteiger partial charge in [0.15, 0.2) is 0 Å². The first kappa shape index (κ1) is 21.6. The highest BCUT2D eigenvalue weighted by molar-refractivity contribution is 7.89. The van der Waals surface area contributed by atoms with Gasteiger partial charge in [-0.25, -0.2) is 8.42 Å². The van der Waals surface area contributed by atoms with E-state index in [2.05, 4.69) is 10.6 Å². The molecule has 0 aliphatic heterocycles. The molecule has 2 amide bonds. The molecule has 0 aliphatic carbocycles. The molecular formula is C20H25N3O4S. The molecule has 0 heterocycles. The van der Waals surface area contributed by atoms with E-state index < -0.39 is 15.9 Å². The first-order chi connectivity index (χ1) is 13.3. The standard InChI is InChI=1S/C20H25N3O4S/c1-4-23(5-2)28(26,27)18-11-9-17(10-12-18)22-19(24)14-21-20(25)16-8-6-7-15(3)13-16/h6-13H,4-5,14H2,1-3H3,(H,21,25)(H,22,24). The van der Waals surface area contributed by atoms with Crippen molar-refractivity contribution in [2.24, 2.45) is 0 Å². The van der Waals surface area contributed by atoms with Crippen LogP contribution in [-0.4, -0.2) is 44.2 Å². The van der Waals surface area contributed by atoms with Crippen LogP contribution in [0.2, 0.25) is 0 Å². The third kappa shape index (κ3) is 5.40. The lowest BCUT2D eigenvalue weighted by Gasteiger charge is -2.18. The Morgan fingerprint density at radius 3 is 2.21 bits per heavy atom. The summed E-state index contributed by atoms with van der Waals surface area (Å²) in [6, 6.07) is 13.0. The highest BCUT2D eigenvalue weighted by Crippen LogP contribution is 2.18. The molecule has 0 radical (unpaired) electrons. The zero-order chi connectivity index (χ0) is 20.7. The van der Waals surface area contributed by atoms with Gasteiger partial charge in [-0.1, -0.05) is 31.5 Å². The highest BCUT2D eigenvalue weighted by atomic mass is 32.2. The van der Waals surface area contributed by atoms with E-state index in [1.54, 1.807) is 32.0 Å². The van der Waals surface area contributed by atoms with E-state index >= 15 is 0 Å². The van der Waals surface area contributed by atoms with E-state index in [1.807, 2.05) is 13.0 Å². The van der Waals surface area contributed by atoms with Gasteiger partial charge in [0.2, 0.25) is 15.9 Å². The van der Waals surface area contributed by atoms with Crippen LogP contribution in [0.3, 0.4) is 0 Å². The van der Waals surface area contributed by atoms with Crippen molar-refractivity contribution >= 4 is 27.5 Å². The maximum atomic E-state index is 12.5. The number of anilines is 1. The van der Waals surface area contributed by atoms with Crippen molar-refractivity contribution in [3.63, 3.8) is 0 Å². The van der Waals surface area contributed by atoms with Gasteiger partial charge in [-0.3, -0.25) is 9.59 Å². The summed E-state index contributed by atoms with van der Waals surface area (Å²) in [5.41, 5.74) is 1.89. The molecular weight excluding hydrogens is 378 g/mol. The molecule has 0 bridgehead atoms. The topological polar surface area (TPSA) is 95.6 Å². The van der Waals surface area contributed by atoms with Gasteiger partial charge < -0.3 is 10.6 Å². The first-order valence-electron chi connectivity index (χ1n) is 9.02. The van der Waals surface area contributed by atoms with E-state index in [4.69, 9.17) is 0 Å². The zero-order valence-electron chi connectivity index (χ0n) is 16.2. The number of carbonyl (C=O) groups excluding carboxylic acids is 2. The fourth-order valence-corrected chi connectivity index (χ4v) is 4.13. The molecule has 0 aromatic heterocycles. The highest BCUT2D eigenvalue weighted by Gasteiger charge is 2.21. The molecule has 2 aromatic carbocycles. The number of hydrogen-bond acceptors (Lipinski definition) is 4. The molecule has 7 nitrogen and oxygen atoms in total. The monoisotopic (exact) mass is 403 g/mol. The van der Waals surface area contributed by atoms with Crippen LogP contribution in [-0.2, 0) is 14.8 Å². The molecule has 2 N–H and O–H groups in total. The molecule has 0 unspecified atom stereocenters. The minimum absolute atomic E-state index is 0.168. The molecule has 0 atom stereocenters. The Balaban J connectivity index is 1.95. The summed E-state index contributed by atoms with van der Waals surface area (Å²) < 4.78 is 26.3. The Morgan fingerprint density at radius 2 is 1.64 bits per heavy atom. The summed E-state index contributed by atoms with van der Waals surface area (Å²) in [4.78, 5) is 24.3. The summed E-state index contributed by atoms with van der Waals surface area (Å²) in [6.07, 6.45) is 0. The second kappa shape index (κ2) is 9.48. The fraction of sp³-hybridized carbons (Fsp3) is 0.300. The Bertz CT molecular complexity index is 936. The van der Waals surface area contributed by atoms with Gasteiger partial charge in [0.25, 0.3) is 5.91 Å². The van der Waals surface area contributed by atoms with Crippen molar-refractivity contribution in [1.82, 2.24) is 9.62 Å². The average Bonchev–Trinajstić information content (AvgIpc) is 2.67. The van der Waals surface area contributed by atoms with Crippen LogP contribution >= 0.6 is 0 Å². The number of nitrogens with one attached hydrogen (secondary N) is 2. The number of hydrogen-bond donors (Lipinski definition) is 2. The molecule has 28 heavy (non-hydrogen) atoms. The number of carbonyl (C=O) groups is 2. The number of nitrogens with zero attached hydrogens (tertiary/aromatic N) is 1. The molecule has 0 fully saturated rings. The summed E-state index contributed by atoms with van der Waals surface area (Å²) in [7, 11) is -3.54. The van der Waals surface area contributed by atoms with Crippen molar-refractivity contribution in [2.75, 3.05) is 25.0 Å². The van der Waals surface area contributed by atoms with Gasteiger partial charge in [0, 0.05) is 24.3 Å². The fourth-order valence-electron chi connectivity index (χ4n) is 2.68. The first-order valence-corrected chi connectivity index (χ1v) is 10.5. The zero-order valence-corrected chi connectivity index (χ0v) is 17.0. The number of benzene rings is 2. The van der Waals surface area contributed by atoms with Crippen molar-refractivity contribution in [3.8, 4) is 0 Å². The van der Waals surface area contributed by atoms with Crippen LogP contribution in [0.25, 0.3) is 0 Å². The quantitative estimate of drug-likeness (QED) is 0.707. The van der Waals surface area contributed by atoms with Gasteiger partial charge in [-0.2, -0.15) is 4.31 Å². The van der Waals surface area contributed by atoms with E-state index in [-0.39, 0.29) is 17.3 Å². The minimum Gasteiger partial charge on any atom is -0.343 e. The van der Waals surface area contributed by atoms with Crippen LogP contribution in [0, 0.1) is 6.92 Å². The van der Waals surface area contributed by atoms with Gasteiger partial charge in [-0.15, -0.1) is 0 Å². The van der Waals surface area contributed by atoms with Crippen LogP contribution in [0.15, 0.2) is 53.4 Å². The molecule has 2 rings (SSSR count). The van der Waals surface area contributed by atoms with Crippen LogP contribution in [0.1, 0.15) is 29.8 Å². The number of rotatable bonds is 8. The summed E-state index contributed by atoms with van der Waals surface area (Å²) in [5.74, 6) is -0.736. The van der Waals surface area contributed by atoms with Crippen LogP contribution in [0.5, 0.6) is 0 Å². The molecule has 0 aliphatic rings. The van der Waals surface area contributed by atoms with Crippen LogP contribution in [0.4, 0.5) is 5.69 Å². The summed E-state index contributed by atoms with van der Waals surface area (Å²) >= 11 is 0. The predicted octanol–water partition coefficient (Wildman–Crippen LogP) is 2.39. The average molecular weight is 404 g/mol. The van der Waals surface area contributed by atoms with E-state index in [0.29, 0.717) is 24.3 Å². The Labute approximate surface area is 165 Å². The molecule has 2 aromatic rings.